The van der Waals surface area contributed by atoms with E-state index in [4.69, 9.17) is 4.74 Å². The third-order valence-corrected chi connectivity index (χ3v) is 10.7. The van der Waals surface area contributed by atoms with Crippen LogP contribution < -0.4 is 5.32 Å². The molecule has 0 bridgehead atoms. The van der Waals surface area contributed by atoms with Gasteiger partial charge in [-0.3, -0.25) is 9.59 Å². The predicted octanol–water partition coefficient (Wildman–Crippen LogP) is 12.8. The monoisotopic (exact) mass is 724 g/mol. The zero-order chi connectivity index (χ0) is 37.5. The fraction of sp³-hybridized carbons (Fsp3) is 0.956. The molecule has 6 heteroatoms. The van der Waals surface area contributed by atoms with E-state index < -0.39 is 18.2 Å². The van der Waals surface area contributed by atoms with Crippen LogP contribution in [-0.4, -0.2) is 46.9 Å². The lowest BCUT2D eigenvalue weighted by atomic mass is 10.0. The molecule has 0 radical (unpaired) electrons. The number of nitrogens with one attached hydrogen (secondary N) is 1. The zero-order valence-corrected chi connectivity index (χ0v) is 34.5. The van der Waals surface area contributed by atoms with Crippen LogP contribution in [0.4, 0.5) is 0 Å². The van der Waals surface area contributed by atoms with Crippen molar-refractivity contribution in [1.29, 1.82) is 0 Å². The summed E-state index contributed by atoms with van der Waals surface area (Å²) in [6.07, 6.45) is 40.2. The number of hydrogen-bond acceptors (Lipinski definition) is 5. The second-order valence-corrected chi connectivity index (χ2v) is 15.8. The number of esters is 1. The number of aliphatic hydroxyl groups excluding tert-OH is 2. The van der Waals surface area contributed by atoms with Gasteiger partial charge in [-0.15, -0.1) is 0 Å². The van der Waals surface area contributed by atoms with Crippen LogP contribution in [0.1, 0.15) is 252 Å². The molecule has 0 fully saturated rings. The topological polar surface area (TPSA) is 95.9 Å². The molecule has 1 amide bonds. The molecule has 0 spiro atoms. The molecule has 0 saturated carbocycles. The Morgan fingerprint density at radius 3 is 1.20 bits per heavy atom. The third-order valence-electron chi connectivity index (χ3n) is 10.7. The van der Waals surface area contributed by atoms with Crippen molar-refractivity contribution in [3.05, 3.63) is 0 Å². The molecule has 0 aromatic carbocycles. The van der Waals surface area contributed by atoms with Crippen molar-refractivity contribution in [1.82, 2.24) is 5.32 Å². The molecule has 0 aliphatic heterocycles. The highest BCUT2D eigenvalue weighted by atomic mass is 16.5. The minimum Gasteiger partial charge on any atom is -0.462 e. The molecule has 3 atom stereocenters. The Balaban J connectivity index is 4.47. The minimum absolute atomic E-state index is 0.0861. The molecule has 3 N–H and O–H groups in total. The lowest BCUT2D eigenvalue weighted by Gasteiger charge is -2.24. The predicted molar refractivity (Wildman–Crippen MR) is 218 cm³/mol. The van der Waals surface area contributed by atoms with Crippen LogP contribution >= 0.6 is 0 Å². The summed E-state index contributed by atoms with van der Waals surface area (Å²) in [5, 5.41) is 23.6. The SMILES string of the molecule is CCCCCCCCCCCCCCCC(O)C(CO)NC(=O)CC(CCCCCCCCCCC)OC(=O)CCCCCCCCCCCC. The van der Waals surface area contributed by atoms with Crippen LogP contribution in [-0.2, 0) is 14.3 Å². The Morgan fingerprint density at radius 2 is 0.824 bits per heavy atom. The first-order valence-corrected chi connectivity index (χ1v) is 22.8. The van der Waals surface area contributed by atoms with Gasteiger partial charge in [-0.05, 0) is 25.7 Å². The van der Waals surface area contributed by atoms with E-state index >= 15 is 0 Å². The molecule has 0 aromatic rings. The van der Waals surface area contributed by atoms with E-state index in [1.54, 1.807) is 0 Å². The summed E-state index contributed by atoms with van der Waals surface area (Å²) >= 11 is 0. The summed E-state index contributed by atoms with van der Waals surface area (Å²) in [7, 11) is 0. The van der Waals surface area contributed by atoms with Crippen LogP contribution in [0.15, 0.2) is 0 Å². The average molecular weight is 724 g/mol. The maximum atomic E-state index is 13.1. The first-order valence-electron chi connectivity index (χ1n) is 22.8. The molecular formula is C45H89NO5. The van der Waals surface area contributed by atoms with Gasteiger partial charge in [-0.2, -0.15) is 0 Å². The zero-order valence-electron chi connectivity index (χ0n) is 34.5. The highest BCUT2D eigenvalue weighted by molar-refractivity contribution is 5.77. The molecular weight excluding hydrogens is 634 g/mol. The van der Waals surface area contributed by atoms with Crippen LogP contribution in [0, 0.1) is 0 Å². The Morgan fingerprint density at radius 1 is 0.490 bits per heavy atom. The first-order chi connectivity index (χ1) is 25.0. The molecule has 304 valence electrons. The summed E-state index contributed by atoms with van der Waals surface area (Å²) in [4.78, 5) is 25.9. The van der Waals surface area contributed by atoms with Crippen molar-refractivity contribution in [2.24, 2.45) is 0 Å². The number of aliphatic hydroxyl groups is 2. The summed E-state index contributed by atoms with van der Waals surface area (Å²) in [5.41, 5.74) is 0. The first kappa shape index (κ1) is 49.9. The molecule has 0 heterocycles. The fourth-order valence-electron chi connectivity index (χ4n) is 7.20. The lowest BCUT2D eigenvalue weighted by molar-refractivity contribution is -0.151. The lowest BCUT2D eigenvalue weighted by Crippen LogP contribution is -2.46. The second kappa shape index (κ2) is 40.1. The molecule has 0 rings (SSSR count). The van der Waals surface area contributed by atoms with Crippen molar-refractivity contribution in [3.8, 4) is 0 Å². The highest BCUT2D eigenvalue weighted by Gasteiger charge is 2.24. The van der Waals surface area contributed by atoms with Crippen molar-refractivity contribution < 1.29 is 24.5 Å². The molecule has 51 heavy (non-hydrogen) atoms. The van der Waals surface area contributed by atoms with Crippen LogP contribution in [0.5, 0.6) is 0 Å². The molecule has 0 saturated heterocycles. The fourth-order valence-corrected chi connectivity index (χ4v) is 7.20. The number of hydrogen-bond donors (Lipinski definition) is 3. The van der Waals surface area contributed by atoms with E-state index in [2.05, 4.69) is 26.1 Å². The number of carbonyl (C=O) groups is 2. The van der Waals surface area contributed by atoms with Gasteiger partial charge in [0.25, 0.3) is 0 Å². The largest absolute Gasteiger partial charge is 0.462 e. The van der Waals surface area contributed by atoms with Crippen LogP contribution in [0.25, 0.3) is 0 Å². The Bertz CT molecular complexity index is 731. The number of ether oxygens (including phenoxy) is 1. The van der Waals surface area contributed by atoms with E-state index in [1.165, 1.54) is 161 Å². The number of carbonyl (C=O) groups excluding carboxylic acids is 2. The maximum absolute atomic E-state index is 13.1. The molecule has 6 nitrogen and oxygen atoms in total. The normalized spacial score (nSPS) is 13.3. The Kier molecular flexibility index (Phi) is 39.2. The Labute approximate surface area is 317 Å². The standard InChI is InChI=1S/C45H89NO5/c1-4-7-10-13-16-19-21-22-23-25-28-31-34-37-43(48)42(40-47)46-44(49)39-41(36-33-30-27-24-18-15-12-9-6-3)51-45(50)38-35-32-29-26-20-17-14-11-8-5-2/h41-43,47-48H,4-40H2,1-3H3,(H,46,49). The van der Waals surface area contributed by atoms with Crippen molar-refractivity contribution >= 4 is 11.9 Å². The van der Waals surface area contributed by atoms with Gasteiger partial charge in [0, 0.05) is 6.42 Å². The summed E-state index contributed by atoms with van der Waals surface area (Å²) in [5.74, 6) is -0.462. The summed E-state index contributed by atoms with van der Waals surface area (Å²) in [6.45, 7) is 6.46. The van der Waals surface area contributed by atoms with Gasteiger partial charge < -0.3 is 20.3 Å². The summed E-state index contributed by atoms with van der Waals surface area (Å²) in [6, 6.07) is -0.689. The van der Waals surface area contributed by atoms with Gasteiger partial charge in [0.1, 0.15) is 6.10 Å². The second-order valence-electron chi connectivity index (χ2n) is 15.8. The summed E-state index contributed by atoms with van der Waals surface area (Å²) < 4.78 is 5.88. The van der Waals surface area contributed by atoms with Gasteiger partial charge in [0.05, 0.1) is 25.2 Å². The van der Waals surface area contributed by atoms with Gasteiger partial charge in [-0.1, -0.05) is 213 Å². The van der Waals surface area contributed by atoms with Crippen molar-refractivity contribution in [2.75, 3.05) is 6.61 Å². The smallest absolute Gasteiger partial charge is 0.306 e. The van der Waals surface area contributed by atoms with Gasteiger partial charge in [0.2, 0.25) is 5.91 Å². The molecule has 0 aliphatic carbocycles. The Hall–Kier alpha value is -1.14. The van der Waals surface area contributed by atoms with E-state index in [0.717, 1.165) is 44.9 Å². The van der Waals surface area contributed by atoms with Crippen LogP contribution in [0.3, 0.4) is 0 Å². The third kappa shape index (κ3) is 35.6. The average Bonchev–Trinajstić information content (AvgIpc) is 3.12. The number of amides is 1. The van der Waals surface area contributed by atoms with Crippen molar-refractivity contribution in [3.63, 3.8) is 0 Å². The van der Waals surface area contributed by atoms with Gasteiger partial charge in [0.15, 0.2) is 0 Å². The van der Waals surface area contributed by atoms with Crippen molar-refractivity contribution in [2.45, 2.75) is 270 Å². The quantitative estimate of drug-likeness (QED) is 0.0431. The molecule has 3 unspecified atom stereocenters. The minimum atomic E-state index is -0.777. The number of unbranched alkanes of at least 4 members (excludes halogenated alkanes) is 29. The van der Waals surface area contributed by atoms with E-state index in [0.29, 0.717) is 19.3 Å². The molecule has 0 aliphatic rings. The molecule has 0 aromatic heterocycles. The van der Waals surface area contributed by atoms with E-state index in [1.807, 2.05) is 0 Å². The van der Waals surface area contributed by atoms with Crippen LogP contribution in [0.2, 0.25) is 0 Å². The van der Waals surface area contributed by atoms with Gasteiger partial charge in [-0.25, -0.2) is 0 Å². The van der Waals surface area contributed by atoms with E-state index in [-0.39, 0.29) is 24.9 Å². The maximum Gasteiger partial charge on any atom is 0.306 e. The highest BCUT2D eigenvalue weighted by Crippen LogP contribution is 2.18. The van der Waals surface area contributed by atoms with Gasteiger partial charge >= 0.3 is 5.97 Å². The van der Waals surface area contributed by atoms with E-state index in [9.17, 15) is 19.8 Å². The number of rotatable bonds is 41.